The van der Waals surface area contributed by atoms with E-state index in [1.807, 2.05) is 41.5 Å². The molecule has 2 amide bonds. The molecule has 4 saturated heterocycles. The Bertz CT molecular complexity index is 1180. The fourth-order valence-electron chi connectivity index (χ4n) is 4.42. The van der Waals surface area contributed by atoms with E-state index in [2.05, 4.69) is 10.6 Å². The summed E-state index contributed by atoms with van der Waals surface area (Å²) >= 11 is 0. The van der Waals surface area contributed by atoms with Crippen LogP contribution < -0.4 is 10.6 Å². The minimum atomic E-state index is -1.82. The summed E-state index contributed by atoms with van der Waals surface area (Å²) in [6.45, 7) is 19.0. The van der Waals surface area contributed by atoms with Crippen LogP contribution in [-0.4, -0.2) is 108 Å². The molecule has 2 spiro atoms. The number of halogens is 2. The number of aliphatic carboxylic acids is 2. The van der Waals surface area contributed by atoms with E-state index in [4.69, 9.17) is 34.5 Å². The van der Waals surface area contributed by atoms with E-state index in [1.54, 1.807) is 15.9 Å². The molecule has 0 aliphatic carbocycles. The molecular weight excluding hydrogens is 584 g/mol. The van der Waals surface area contributed by atoms with Crippen LogP contribution in [-0.2, 0) is 19.1 Å². The number of hydrogen-bond donors (Lipinski definition) is 4. The summed E-state index contributed by atoms with van der Waals surface area (Å²) in [6.07, 6.45) is -0.343. The summed E-state index contributed by atoms with van der Waals surface area (Å²) in [4.78, 5) is 44.9. The van der Waals surface area contributed by atoms with Gasteiger partial charge in [-0.3, -0.25) is 0 Å². The van der Waals surface area contributed by atoms with Crippen molar-refractivity contribution in [3.05, 3.63) is 35.4 Å². The molecule has 0 saturated carbocycles. The summed E-state index contributed by atoms with van der Waals surface area (Å²) in [5, 5.41) is 29.4. The van der Waals surface area contributed by atoms with Crippen LogP contribution in [0.25, 0.3) is 0 Å². The highest BCUT2D eigenvalue weighted by Gasteiger charge is 2.51. The van der Waals surface area contributed by atoms with Gasteiger partial charge in [-0.2, -0.15) is 5.26 Å². The topological polar surface area (TPSA) is 182 Å². The van der Waals surface area contributed by atoms with Gasteiger partial charge in [0.25, 0.3) is 0 Å². The van der Waals surface area contributed by atoms with Crippen molar-refractivity contribution in [2.24, 2.45) is 10.8 Å². The molecule has 0 bridgehead atoms. The Balaban J connectivity index is 0.000000214. The molecule has 1 aromatic rings. The second-order valence-corrected chi connectivity index (χ2v) is 13.2. The highest BCUT2D eigenvalue weighted by atomic mass is 19.1. The second kappa shape index (κ2) is 14.2. The van der Waals surface area contributed by atoms with E-state index in [0.717, 1.165) is 64.5 Å². The number of amides is 2. The zero-order valence-corrected chi connectivity index (χ0v) is 25.8. The maximum atomic E-state index is 12.4. The Morgan fingerprint density at radius 2 is 1.16 bits per heavy atom. The van der Waals surface area contributed by atoms with Gasteiger partial charge < -0.3 is 40.1 Å². The van der Waals surface area contributed by atoms with Crippen LogP contribution in [0.15, 0.2) is 18.2 Å². The van der Waals surface area contributed by atoms with Crippen molar-refractivity contribution < 1.29 is 47.6 Å². The predicted molar refractivity (Wildman–Crippen MR) is 153 cm³/mol. The molecule has 4 fully saturated rings. The van der Waals surface area contributed by atoms with Crippen LogP contribution in [0.4, 0.5) is 18.4 Å². The third-order valence-electron chi connectivity index (χ3n) is 6.64. The number of carbonyl (C=O) groups is 4. The molecule has 0 atom stereocenters. The van der Waals surface area contributed by atoms with Crippen LogP contribution in [0.5, 0.6) is 0 Å². The first-order chi connectivity index (χ1) is 20.2. The number of hydrogen-bond acceptors (Lipinski definition) is 9. The lowest BCUT2D eigenvalue weighted by atomic mass is 9.75. The van der Waals surface area contributed by atoms with Gasteiger partial charge in [-0.25, -0.2) is 28.0 Å². The molecule has 0 unspecified atom stereocenters. The molecule has 5 rings (SSSR count). The number of nitrogens with zero attached hydrogens (tertiary/aromatic N) is 3. The smallest absolute Gasteiger partial charge is 0.414 e. The molecule has 0 radical (unpaired) electrons. The Morgan fingerprint density at radius 3 is 1.39 bits per heavy atom. The van der Waals surface area contributed by atoms with Gasteiger partial charge in [0.1, 0.15) is 28.9 Å². The molecule has 13 nitrogen and oxygen atoms in total. The molecule has 15 heteroatoms. The van der Waals surface area contributed by atoms with Crippen LogP contribution >= 0.6 is 0 Å². The normalized spacial score (nSPS) is 18.3. The second-order valence-electron chi connectivity index (χ2n) is 13.2. The lowest BCUT2D eigenvalue weighted by Gasteiger charge is -2.55. The Hall–Kier alpha value is -4.03. The fourth-order valence-corrected chi connectivity index (χ4v) is 4.42. The Labute approximate surface area is 255 Å². The van der Waals surface area contributed by atoms with Crippen LogP contribution in [0.2, 0.25) is 0 Å². The number of carbonyl (C=O) groups excluding carboxylic acids is 2. The zero-order chi connectivity index (χ0) is 33.5. The van der Waals surface area contributed by atoms with E-state index in [0.29, 0.717) is 16.9 Å². The van der Waals surface area contributed by atoms with E-state index < -0.39 is 23.6 Å². The van der Waals surface area contributed by atoms with Gasteiger partial charge in [0, 0.05) is 69.3 Å². The fraction of sp³-hybridized carbons (Fsp3) is 0.621. The molecule has 244 valence electrons. The summed E-state index contributed by atoms with van der Waals surface area (Å²) in [5.74, 6) is -5.14. The van der Waals surface area contributed by atoms with Crippen molar-refractivity contribution in [3.8, 4) is 6.07 Å². The molecular formula is C29H41F2N5O8. The third kappa shape index (κ3) is 10.9. The Kier molecular flexibility index (Phi) is 11.6. The number of nitrogens with one attached hydrogen (secondary N) is 2. The van der Waals surface area contributed by atoms with E-state index >= 15 is 0 Å². The van der Waals surface area contributed by atoms with Gasteiger partial charge in [-0.1, -0.05) is 0 Å². The minimum absolute atomic E-state index is 0.138. The van der Waals surface area contributed by atoms with Crippen LogP contribution in [0.3, 0.4) is 0 Å². The molecule has 1 aromatic carbocycles. The molecule has 4 aliphatic heterocycles. The van der Waals surface area contributed by atoms with E-state index in [9.17, 15) is 18.4 Å². The average Bonchev–Trinajstić information content (AvgIpc) is 2.74. The summed E-state index contributed by atoms with van der Waals surface area (Å²) in [6, 6.07) is 4.41. The highest BCUT2D eigenvalue weighted by Crippen LogP contribution is 2.35. The van der Waals surface area contributed by atoms with Crippen molar-refractivity contribution >= 4 is 24.1 Å². The number of nitriles is 1. The van der Waals surface area contributed by atoms with Gasteiger partial charge in [0.15, 0.2) is 0 Å². The maximum absolute atomic E-state index is 12.4. The van der Waals surface area contributed by atoms with Crippen molar-refractivity contribution in [1.29, 1.82) is 5.26 Å². The number of rotatable bonds is 0. The summed E-state index contributed by atoms with van der Waals surface area (Å²) < 4.78 is 35.1. The monoisotopic (exact) mass is 625 g/mol. The van der Waals surface area contributed by atoms with Crippen LogP contribution in [0.1, 0.15) is 47.1 Å². The first kappa shape index (κ1) is 36.2. The summed E-state index contributed by atoms with van der Waals surface area (Å²) in [7, 11) is 0. The number of carboxylic acid groups (broad SMARTS) is 2. The number of likely N-dealkylation sites (tertiary alicyclic amines) is 2. The van der Waals surface area contributed by atoms with Crippen molar-refractivity contribution in [2.75, 3.05) is 52.4 Å². The van der Waals surface area contributed by atoms with E-state index in [1.165, 1.54) is 0 Å². The van der Waals surface area contributed by atoms with Crippen molar-refractivity contribution in [2.45, 2.75) is 52.7 Å². The lowest BCUT2D eigenvalue weighted by Crippen LogP contribution is -2.72. The number of benzene rings is 1. The SMILES string of the molecule is CC(C)(C)OC(=O)N1CC2(CNC2)C1.CC(C)(C)OC(=O)N1CC2(CNC2)C1.N#Cc1ccc(F)cc1F.O=C(O)C(=O)O. The molecule has 4 aliphatic rings. The first-order valence-electron chi connectivity index (χ1n) is 13.9. The summed E-state index contributed by atoms with van der Waals surface area (Å²) in [5.41, 5.74) is -0.121. The van der Waals surface area contributed by atoms with Gasteiger partial charge in [0.05, 0.1) is 5.56 Å². The zero-order valence-electron chi connectivity index (χ0n) is 25.8. The molecule has 44 heavy (non-hydrogen) atoms. The minimum Gasteiger partial charge on any atom is -0.473 e. The largest absolute Gasteiger partial charge is 0.473 e. The van der Waals surface area contributed by atoms with Gasteiger partial charge >= 0.3 is 24.1 Å². The molecule has 4 heterocycles. The molecule has 0 aromatic heterocycles. The van der Waals surface area contributed by atoms with Crippen molar-refractivity contribution in [1.82, 2.24) is 20.4 Å². The standard InChI is InChI=1S/2C10H18N2O2.C7H3F2N.C2H2O4/c2*1-9(2,3)14-8(13)12-6-10(7-12)4-11-5-10;8-6-2-1-5(4-10)7(9)3-6;3-1(4)2(5)6/h2*11H,4-7H2,1-3H3;1-3H;(H,3,4)(H,5,6). The Morgan fingerprint density at radius 1 is 0.795 bits per heavy atom. The predicted octanol–water partition coefficient (Wildman–Crippen LogP) is 2.65. The number of ether oxygens (including phenoxy) is 2. The number of carboxylic acids is 2. The lowest BCUT2D eigenvalue weighted by molar-refractivity contribution is -0.159. The van der Waals surface area contributed by atoms with Crippen LogP contribution in [0, 0.1) is 33.8 Å². The van der Waals surface area contributed by atoms with Crippen molar-refractivity contribution in [3.63, 3.8) is 0 Å². The van der Waals surface area contributed by atoms with E-state index in [-0.39, 0.29) is 29.0 Å². The third-order valence-corrected chi connectivity index (χ3v) is 6.64. The van der Waals surface area contributed by atoms with Gasteiger partial charge in [-0.05, 0) is 53.7 Å². The maximum Gasteiger partial charge on any atom is 0.414 e. The quantitative estimate of drug-likeness (QED) is 0.311. The highest BCUT2D eigenvalue weighted by molar-refractivity contribution is 6.27. The first-order valence-corrected chi connectivity index (χ1v) is 13.9. The molecule has 4 N–H and O–H groups in total. The van der Waals surface area contributed by atoms with Gasteiger partial charge in [0.2, 0.25) is 0 Å². The van der Waals surface area contributed by atoms with Gasteiger partial charge in [-0.15, -0.1) is 0 Å². The average molecular weight is 626 g/mol.